The average molecular weight is 293 g/mol. The van der Waals surface area contributed by atoms with Crippen LogP contribution in [0.25, 0.3) is 0 Å². The molecular formula is C14H13F2N3O2. The van der Waals surface area contributed by atoms with E-state index in [2.05, 4.69) is 15.3 Å². The third-order valence-electron chi connectivity index (χ3n) is 2.79. The van der Waals surface area contributed by atoms with Crippen LogP contribution in [0.2, 0.25) is 0 Å². The van der Waals surface area contributed by atoms with Gasteiger partial charge in [0.1, 0.15) is 11.5 Å². The molecule has 0 saturated carbocycles. The molecule has 0 aliphatic rings. The zero-order chi connectivity index (χ0) is 15.4. The molecule has 0 radical (unpaired) electrons. The van der Waals surface area contributed by atoms with Gasteiger partial charge in [0.05, 0.1) is 6.10 Å². The molecular weight excluding hydrogens is 280 g/mol. The molecule has 1 unspecified atom stereocenters. The van der Waals surface area contributed by atoms with Crippen molar-refractivity contribution in [3.05, 3.63) is 59.2 Å². The Labute approximate surface area is 119 Å². The number of nitrogens with zero attached hydrogens (tertiary/aromatic N) is 2. The van der Waals surface area contributed by atoms with E-state index in [1.807, 2.05) is 0 Å². The van der Waals surface area contributed by atoms with Crippen LogP contribution in [-0.4, -0.2) is 27.5 Å². The second kappa shape index (κ2) is 6.36. The predicted octanol–water partition coefficient (Wildman–Crippen LogP) is 1.53. The molecule has 0 fully saturated rings. The largest absolute Gasteiger partial charge is 0.387 e. The van der Waals surface area contributed by atoms with Gasteiger partial charge in [-0.2, -0.15) is 0 Å². The van der Waals surface area contributed by atoms with Gasteiger partial charge in [-0.25, -0.2) is 18.7 Å². The van der Waals surface area contributed by atoms with Gasteiger partial charge in [-0.15, -0.1) is 0 Å². The van der Waals surface area contributed by atoms with Gasteiger partial charge < -0.3 is 10.4 Å². The van der Waals surface area contributed by atoms with E-state index < -0.39 is 23.6 Å². The van der Waals surface area contributed by atoms with Crippen molar-refractivity contribution in [2.24, 2.45) is 0 Å². The van der Waals surface area contributed by atoms with Crippen molar-refractivity contribution in [2.75, 3.05) is 6.54 Å². The summed E-state index contributed by atoms with van der Waals surface area (Å²) < 4.78 is 25.9. The van der Waals surface area contributed by atoms with Crippen LogP contribution in [0.15, 0.2) is 30.5 Å². The first-order chi connectivity index (χ1) is 9.97. The smallest absolute Gasteiger partial charge is 0.270 e. The first kappa shape index (κ1) is 15.0. The Hall–Kier alpha value is -2.41. The van der Waals surface area contributed by atoms with Crippen LogP contribution in [0.4, 0.5) is 8.78 Å². The topological polar surface area (TPSA) is 75.1 Å². The Morgan fingerprint density at radius 1 is 1.33 bits per heavy atom. The zero-order valence-corrected chi connectivity index (χ0v) is 11.2. The number of carbonyl (C=O) groups is 1. The molecule has 1 heterocycles. The number of carbonyl (C=O) groups excluding carboxylic acids is 1. The number of rotatable bonds is 4. The maximum Gasteiger partial charge on any atom is 0.270 e. The van der Waals surface area contributed by atoms with Gasteiger partial charge in [0.2, 0.25) is 0 Å². The third-order valence-corrected chi connectivity index (χ3v) is 2.79. The van der Waals surface area contributed by atoms with E-state index in [4.69, 9.17) is 0 Å². The lowest BCUT2D eigenvalue weighted by atomic mass is 10.1. The fraction of sp³-hybridized carbons (Fsp3) is 0.214. The molecule has 2 N–H and O–H groups in total. The SMILES string of the molecule is Cc1nccc(C(=O)NCC(O)c2ccc(F)c(F)c2)n1. The second-order valence-electron chi connectivity index (χ2n) is 4.39. The number of nitrogens with one attached hydrogen (secondary N) is 1. The highest BCUT2D eigenvalue weighted by Gasteiger charge is 2.13. The molecule has 1 aromatic carbocycles. The van der Waals surface area contributed by atoms with E-state index in [1.165, 1.54) is 18.3 Å². The van der Waals surface area contributed by atoms with Crippen molar-refractivity contribution in [1.82, 2.24) is 15.3 Å². The van der Waals surface area contributed by atoms with Crippen LogP contribution < -0.4 is 5.32 Å². The maximum absolute atomic E-state index is 13.1. The highest BCUT2D eigenvalue weighted by atomic mass is 19.2. The fourth-order valence-corrected chi connectivity index (χ4v) is 1.70. The molecule has 1 aromatic heterocycles. The lowest BCUT2D eigenvalue weighted by Gasteiger charge is -2.12. The molecule has 1 amide bonds. The number of hydrogen-bond acceptors (Lipinski definition) is 4. The number of aryl methyl sites for hydroxylation is 1. The van der Waals surface area contributed by atoms with Crippen LogP contribution in [0.1, 0.15) is 28.0 Å². The van der Waals surface area contributed by atoms with Crippen molar-refractivity contribution in [1.29, 1.82) is 0 Å². The predicted molar refractivity (Wildman–Crippen MR) is 70.4 cm³/mol. The fourth-order valence-electron chi connectivity index (χ4n) is 1.70. The summed E-state index contributed by atoms with van der Waals surface area (Å²) in [5.74, 6) is -2.08. The number of benzene rings is 1. The van der Waals surface area contributed by atoms with Crippen molar-refractivity contribution >= 4 is 5.91 Å². The minimum atomic E-state index is -1.15. The van der Waals surface area contributed by atoms with Crippen LogP contribution >= 0.6 is 0 Å². The van der Waals surface area contributed by atoms with Gasteiger partial charge in [0, 0.05) is 12.7 Å². The van der Waals surface area contributed by atoms with Gasteiger partial charge in [0.25, 0.3) is 5.91 Å². The molecule has 110 valence electrons. The molecule has 0 spiro atoms. The van der Waals surface area contributed by atoms with Crippen LogP contribution in [0, 0.1) is 18.6 Å². The quantitative estimate of drug-likeness (QED) is 0.896. The monoisotopic (exact) mass is 293 g/mol. The molecule has 5 nitrogen and oxygen atoms in total. The lowest BCUT2D eigenvalue weighted by Crippen LogP contribution is -2.29. The first-order valence-corrected chi connectivity index (χ1v) is 6.18. The first-order valence-electron chi connectivity index (χ1n) is 6.18. The number of halogens is 2. The van der Waals surface area contributed by atoms with Gasteiger partial charge >= 0.3 is 0 Å². The van der Waals surface area contributed by atoms with Crippen molar-refractivity contribution in [3.8, 4) is 0 Å². The van der Waals surface area contributed by atoms with E-state index in [0.717, 1.165) is 12.1 Å². The summed E-state index contributed by atoms with van der Waals surface area (Å²) in [6, 6.07) is 4.50. The summed E-state index contributed by atoms with van der Waals surface area (Å²) in [4.78, 5) is 19.6. The molecule has 0 saturated heterocycles. The standard InChI is InChI=1S/C14H13F2N3O2/c1-8-17-5-4-12(19-8)14(21)18-7-13(20)9-2-3-10(15)11(16)6-9/h2-6,13,20H,7H2,1H3,(H,18,21). The molecule has 2 rings (SSSR count). The Bertz CT molecular complexity index is 664. The van der Waals surface area contributed by atoms with Crippen LogP contribution in [0.3, 0.4) is 0 Å². The van der Waals surface area contributed by atoms with Crippen molar-refractivity contribution < 1.29 is 18.7 Å². The van der Waals surface area contributed by atoms with Crippen molar-refractivity contribution in [3.63, 3.8) is 0 Å². The summed E-state index contributed by atoms with van der Waals surface area (Å²) in [7, 11) is 0. The van der Waals surface area contributed by atoms with Gasteiger partial charge in [-0.3, -0.25) is 4.79 Å². The highest BCUT2D eigenvalue weighted by Crippen LogP contribution is 2.15. The molecule has 1 atom stereocenters. The Kier molecular flexibility index (Phi) is 4.54. The van der Waals surface area contributed by atoms with E-state index in [0.29, 0.717) is 5.82 Å². The molecule has 21 heavy (non-hydrogen) atoms. The minimum absolute atomic E-state index is 0.146. The van der Waals surface area contributed by atoms with E-state index >= 15 is 0 Å². The van der Waals surface area contributed by atoms with E-state index in [9.17, 15) is 18.7 Å². The number of amides is 1. The molecule has 0 aliphatic heterocycles. The summed E-state index contributed by atoms with van der Waals surface area (Å²) in [5, 5.41) is 12.3. The Morgan fingerprint density at radius 2 is 2.10 bits per heavy atom. The molecule has 0 bridgehead atoms. The number of hydrogen-bond donors (Lipinski definition) is 2. The van der Waals surface area contributed by atoms with E-state index in [1.54, 1.807) is 6.92 Å². The van der Waals surface area contributed by atoms with Crippen molar-refractivity contribution in [2.45, 2.75) is 13.0 Å². The highest BCUT2D eigenvalue weighted by molar-refractivity contribution is 5.92. The lowest BCUT2D eigenvalue weighted by molar-refractivity contribution is 0.0910. The molecule has 7 heteroatoms. The normalized spacial score (nSPS) is 12.0. The summed E-state index contributed by atoms with van der Waals surface area (Å²) in [6.07, 6.45) is 0.301. The molecule has 2 aromatic rings. The summed E-state index contributed by atoms with van der Waals surface area (Å²) in [6.45, 7) is 1.50. The van der Waals surface area contributed by atoms with Crippen LogP contribution in [-0.2, 0) is 0 Å². The minimum Gasteiger partial charge on any atom is -0.387 e. The van der Waals surface area contributed by atoms with Gasteiger partial charge in [-0.05, 0) is 30.7 Å². The van der Waals surface area contributed by atoms with Gasteiger partial charge in [-0.1, -0.05) is 6.07 Å². The average Bonchev–Trinajstić information content (AvgIpc) is 2.47. The third kappa shape index (κ3) is 3.79. The number of aliphatic hydroxyl groups excluding tert-OH is 1. The van der Waals surface area contributed by atoms with E-state index in [-0.39, 0.29) is 17.8 Å². The van der Waals surface area contributed by atoms with Gasteiger partial charge in [0.15, 0.2) is 11.6 Å². The zero-order valence-electron chi connectivity index (χ0n) is 11.2. The molecule has 0 aliphatic carbocycles. The Morgan fingerprint density at radius 3 is 2.76 bits per heavy atom. The number of aliphatic hydroxyl groups is 1. The summed E-state index contributed by atoms with van der Waals surface area (Å²) >= 11 is 0. The summed E-state index contributed by atoms with van der Waals surface area (Å²) in [5.41, 5.74) is 0.341. The number of aromatic nitrogens is 2. The maximum atomic E-state index is 13.1. The van der Waals surface area contributed by atoms with Crippen LogP contribution in [0.5, 0.6) is 0 Å². The Balaban J connectivity index is 1.99. The second-order valence-corrected chi connectivity index (χ2v) is 4.39.